The molecular formula is C23H25N5O. The molecule has 0 unspecified atom stereocenters. The molecule has 0 radical (unpaired) electrons. The lowest BCUT2D eigenvalue weighted by molar-refractivity contribution is 0.134. The Labute approximate surface area is 170 Å². The van der Waals surface area contributed by atoms with Crippen molar-refractivity contribution >= 4 is 11.0 Å². The Morgan fingerprint density at radius 3 is 2.31 bits per heavy atom. The number of para-hydroxylation sites is 1. The normalized spacial score (nSPS) is 14.2. The van der Waals surface area contributed by atoms with E-state index in [0.717, 1.165) is 46.9 Å². The van der Waals surface area contributed by atoms with Crippen LogP contribution in [0.15, 0.2) is 67.1 Å². The monoisotopic (exact) mass is 387 g/mol. The molecule has 29 heavy (non-hydrogen) atoms. The van der Waals surface area contributed by atoms with Gasteiger partial charge in [0.2, 0.25) is 0 Å². The molecule has 0 atom stereocenters. The van der Waals surface area contributed by atoms with Crippen molar-refractivity contribution in [3.8, 4) is 22.8 Å². The summed E-state index contributed by atoms with van der Waals surface area (Å²) >= 11 is 0. The molecule has 0 bridgehead atoms. The van der Waals surface area contributed by atoms with Gasteiger partial charge in [0.1, 0.15) is 23.5 Å². The van der Waals surface area contributed by atoms with E-state index in [0.29, 0.717) is 6.04 Å². The fourth-order valence-corrected chi connectivity index (χ4v) is 3.48. The van der Waals surface area contributed by atoms with Gasteiger partial charge >= 0.3 is 0 Å². The van der Waals surface area contributed by atoms with Crippen molar-refractivity contribution in [2.75, 3.05) is 20.1 Å². The lowest BCUT2D eigenvalue weighted by atomic mass is 10.1. The van der Waals surface area contributed by atoms with E-state index >= 15 is 0 Å². The summed E-state index contributed by atoms with van der Waals surface area (Å²) in [6.45, 7) is 5.98. The lowest BCUT2D eigenvalue weighted by Crippen LogP contribution is -2.45. The van der Waals surface area contributed by atoms with E-state index < -0.39 is 0 Å². The van der Waals surface area contributed by atoms with Crippen molar-refractivity contribution in [1.29, 1.82) is 0 Å². The third-order valence-corrected chi connectivity index (χ3v) is 4.87. The van der Waals surface area contributed by atoms with Crippen LogP contribution in [0.4, 0.5) is 0 Å². The van der Waals surface area contributed by atoms with E-state index in [1.54, 1.807) is 6.33 Å². The van der Waals surface area contributed by atoms with Gasteiger partial charge in [0.05, 0.1) is 11.4 Å². The van der Waals surface area contributed by atoms with Gasteiger partial charge in [-0.1, -0.05) is 32.0 Å². The van der Waals surface area contributed by atoms with Gasteiger partial charge in [0, 0.05) is 24.8 Å². The Balaban J connectivity index is 0.000000994. The molecule has 2 aromatic heterocycles. The van der Waals surface area contributed by atoms with Crippen LogP contribution >= 0.6 is 0 Å². The summed E-state index contributed by atoms with van der Waals surface area (Å²) in [4.78, 5) is 11.0. The highest BCUT2D eigenvalue weighted by molar-refractivity contribution is 5.90. The lowest BCUT2D eigenvalue weighted by Gasteiger charge is -2.36. The zero-order chi connectivity index (χ0) is 20.2. The van der Waals surface area contributed by atoms with Gasteiger partial charge in [-0.25, -0.2) is 14.6 Å². The smallest absolute Gasteiger partial charge is 0.162 e. The molecule has 148 valence electrons. The van der Waals surface area contributed by atoms with E-state index in [-0.39, 0.29) is 0 Å². The molecule has 0 aliphatic carbocycles. The quantitative estimate of drug-likeness (QED) is 0.503. The van der Waals surface area contributed by atoms with Crippen LogP contribution in [0.2, 0.25) is 0 Å². The summed E-state index contributed by atoms with van der Waals surface area (Å²) in [5.41, 5.74) is 2.83. The summed E-state index contributed by atoms with van der Waals surface area (Å²) in [5, 5.41) is 5.85. The SMILES string of the molecule is CC.CN1CC(n2nc(-c3ccc(Oc4ccccc4)cc3)c3cncnc32)C1. The fraction of sp³-hybridized carbons (Fsp3) is 0.261. The van der Waals surface area contributed by atoms with E-state index in [1.807, 2.05) is 79.3 Å². The topological polar surface area (TPSA) is 56.1 Å². The van der Waals surface area contributed by atoms with Crippen molar-refractivity contribution in [2.45, 2.75) is 19.9 Å². The zero-order valence-electron chi connectivity index (χ0n) is 17.0. The van der Waals surface area contributed by atoms with Crippen molar-refractivity contribution < 1.29 is 4.74 Å². The Bertz CT molecular complexity index is 1070. The Kier molecular flexibility index (Phi) is 5.53. The maximum absolute atomic E-state index is 5.88. The Morgan fingerprint density at radius 2 is 1.62 bits per heavy atom. The van der Waals surface area contributed by atoms with Gasteiger partial charge < -0.3 is 9.64 Å². The molecule has 5 rings (SSSR count). The predicted molar refractivity (Wildman–Crippen MR) is 115 cm³/mol. The Morgan fingerprint density at radius 1 is 0.931 bits per heavy atom. The largest absolute Gasteiger partial charge is 0.457 e. The predicted octanol–water partition coefficient (Wildman–Crippen LogP) is 4.80. The maximum atomic E-state index is 5.88. The van der Waals surface area contributed by atoms with Crippen molar-refractivity contribution in [3.05, 3.63) is 67.1 Å². The summed E-state index contributed by atoms with van der Waals surface area (Å²) in [5.74, 6) is 1.62. The van der Waals surface area contributed by atoms with Crippen molar-refractivity contribution in [3.63, 3.8) is 0 Å². The number of likely N-dealkylation sites (tertiary alicyclic amines) is 1. The molecule has 6 heteroatoms. The number of hydrogen-bond donors (Lipinski definition) is 0. The van der Waals surface area contributed by atoms with Crippen LogP contribution in [-0.2, 0) is 0 Å². The molecule has 0 amide bonds. The molecule has 1 fully saturated rings. The van der Waals surface area contributed by atoms with Gasteiger partial charge in [-0.15, -0.1) is 0 Å². The first kappa shape index (κ1) is 19.1. The van der Waals surface area contributed by atoms with Gasteiger partial charge in [0.25, 0.3) is 0 Å². The number of ether oxygens (including phenoxy) is 1. The highest BCUT2D eigenvalue weighted by atomic mass is 16.5. The fourth-order valence-electron chi connectivity index (χ4n) is 3.48. The van der Waals surface area contributed by atoms with E-state index in [4.69, 9.17) is 9.84 Å². The average molecular weight is 387 g/mol. The van der Waals surface area contributed by atoms with Crippen LogP contribution < -0.4 is 4.74 Å². The minimum absolute atomic E-state index is 0.363. The van der Waals surface area contributed by atoms with Gasteiger partial charge in [-0.3, -0.25) is 0 Å². The van der Waals surface area contributed by atoms with E-state index in [2.05, 4.69) is 21.9 Å². The molecule has 4 aromatic rings. The second-order valence-electron chi connectivity index (χ2n) is 6.87. The molecule has 1 saturated heterocycles. The highest BCUT2D eigenvalue weighted by Gasteiger charge is 2.28. The second kappa shape index (κ2) is 8.41. The van der Waals surface area contributed by atoms with E-state index in [9.17, 15) is 0 Å². The molecule has 1 aliphatic rings. The number of nitrogens with zero attached hydrogens (tertiary/aromatic N) is 5. The Hall–Kier alpha value is -3.25. The van der Waals surface area contributed by atoms with Crippen LogP contribution in [0, 0.1) is 0 Å². The summed E-state index contributed by atoms with van der Waals surface area (Å²) in [6, 6.07) is 18.1. The number of likely N-dealkylation sites (N-methyl/N-ethyl adjacent to an activating group) is 1. The number of fused-ring (bicyclic) bond motifs is 1. The minimum Gasteiger partial charge on any atom is -0.457 e. The molecule has 2 aromatic carbocycles. The molecular weight excluding hydrogens is 362 g/mol. The average Bonchev–Trinajstić information content (AvgIpc) is 3.14. The molecule has 0 N–H and O–H groups in total. The van der Waals surface area contributed by atoms with Gasteiger partial charge in [0.15, 0.2) is 5.65 Å². The summed E-state index contributed by atoms with van der Waals surface area (Å²) < 4.78 is 7.93. The third kappa shape index (κ3) is 3.84. The molecule has 3 heterocycles. The maximum Gasteiger partial charge on any atom is 0.162 e. The molecule has 0 spiro atoms. The van der Waals surface area contributed by atoms with Crippen molar-refractivity contribution in [2.24, 2.45) is 0 Å². The van der Waals surface area contributed by atoms with Crippen molar-refractivity contribution in [1.82, 2.24) is 24.6 Å². The highest BCUT2D eigenvalue weighted by Crippen LogP contribution is 2.32. The second-order valence-corrected chi connectivity index (χ2v) is 6.87. The number of hydrogen-bond acceptors (Lipinski definition) is 5. The van der Waals surface area contributed by atoms with Crippen LogP contribution in [0.1, 0.15) is 19.9 Å². The van der Waals surface area contributed by atoms with Crippen LogP contribution in [0.5, 0.6) is 11.5 Å². The van der Waals surface area contributed by atoms with Crippen LogP contribution in [0.3, 0.4) is 0 Å². The number of rotatable bonds is 4. The van der Waals surface area contributed by atoms with E-state index in [1.165, 1.54) is 0 Å². The van der Waals surface area contributed by atoms with Gasteiger partial charge in [-0.2, -0.15) is 5.10 Å². The minimum atomic E-state index is 0.363. The molecule has 0 saturated carbocycles. The molecule has 1 aliphatic heterocycles. The molecule has 6 nitrogen and oxygen atoms in total. The first-order valence-electron chi connectivity index (χ1n) is 9.98. The standard InChI is InChI=1S/C21H19N5O.C2H6/c1-25-12-16(13-25)26-21-19(11-22-14-23-21)20(24-26)15-7-9-18(10-8-15)27-17-5-3-2-4-6-17;1-2/h2-11,14,16H,12-13H2,1H3;1-2H3. The summed E-state index contributed by atoms with van der Waals surface area (Å²) in [7, 11) is 2.11. The third-order valence-electron chi connectivity index (χ3n) is 4.87. The number of aromatic nitrogens is 4. The number of benzene rings is 2. The van der Waals surface area contributed by atoms with Gasteiger partial charge in [-0.05, 0) is 43.4 Å². The zero-order valence-corrected chi connectivity index (χ0v) is 17.0. The van der Waals surface area contributed by atoms with Crippen LogP contribution in [0.25, 0.3) is 22.3 Å². The first-order chi connectivity index (χ1) is 14.3. The van der Waals surface area contributed by atoms with Crippen LogP contribution in [-0.4, -0.2) is 44.8 Å². The summed E-state index contributed by atoms with van der Waals surface area (Å²) in [6.07, 6.45) is 3.43. The first-order valence-corrected chi connectivity index (χ1v) is 9.98.